The maximum absolute atomic E-state index is 5.98. The molecule has 0 saturated carbocycles. The molecule has 2 rings (SSSR count). The van der Waals surface area contributed by atoms with Crippen molar-refractivity contribution in [1.29, 1.82) is 0 Å². The minimum Gasteiger partial charge on any atom is -0.439 e. The van der Waals surface area contributed by atoms with Crippen molar-refractivity contribution in [2.75, 3.05) is 5.73 Å². The van der Waals surface area contributed by atoms with E-state index in [-0.39, 0.29) is 0 Å². The van der Waals surface area contributed by atoms with E-state index in [0.717, 1.165) is 0 Å². The van der Waals surface area contributed by atoms with Crippen molar-refractivity contribution < 1.29 is 4.42 Å². The molecule has 5 heteroatoms. The Kier molecular flexibility index (Phi) is 2.59. The second kappa shape index (κ2) is 3.76. The van der Waals surface area contributed by atoms with Gasteiger partial charge in [0.2, 0.25) is 0 Å². The molecule has 1 heterocycles. The molecule has 1 aromatic carbocycles. The largest absolute Gasteiger partial charge is 0.439 e. The summed E-state index contributed by atoms with van der Waals surface area (Å²) in [5.74, 6) is 0.545. The van der Waals surface area contributed by atoms with Crippen LogP contribution >= 0.6 is 23.2 Å². The van der Waals surface area contributed by atoms with E-state index in [2.05, 4.69) is 11.6 Å². The average molecular weight is 243 g/mol. The molecule has 0 spiro atoms. The highest BCUT2D eigenvalue weighted by molar-refractivity contribution is 6.42. The molecule has 0 aliphatic carbocycles. The van der Waals surface area contributed by atoms with Gasteiger partial charge in [0.1, 0.15) is 10.5 Å². The minimum atomic E-state index is 0.306. The molecule has 1 aromatic heterocycles. The number of halogens is 2. The summed E-state index contributed by atoms with van der Waals surface area (Å²) < 4.78 is 5.42. The summed E-state index contributed by atoms with van der Waals surface area (Å²) in [4.78, 5) is 4.20. The molecular weight excluding hydrogens is 235 g/mol. The first-order valence-corrected chi connectivity index (χ1v) is 5.03. The second-order valence-corrected chi connectivity index (χ2v) is 3.82. The van der Waals surface area contributed by atoms with Gasteiger partial charge in [-0.05, 0) is 6.07 Å². The smallest absolute Gasteiger partial charge is 0.199 e. The summed E-state index contributed by atoms with van der Waals surface area (Å²) in [5, 5.41) is 0.686. The van der Waals surface area contributed by atoms with Gasteiger partial charge in [-0.3, -0.25) is 0 Å². The van der Waals surface area contributed by atoms with Crippen molar-refractivity contribution in [3.8, 4) is 0 Å². The van der Waals surface area contributed by atoms with Crippen LogP contribution in [0.3, 0.4) is 0 Å². The van der Waals surface area contributed by atoms with Crippen LogP contribution in [0.2, 0.25) is 10.0 Å². The number of hydrogen-bond donors (Lipinski definition) is 1. The summed E-state index contributed by atoms with van der Waals surface area (Å²) in [6.45, 7) is 3.60. The molecule has 78 valence electrons. The lowest BCUT2D eigenvalue weighted by Gasteiger charge is -1.99. The van der Waals surface area contributed by atoms with E-state index in [0.29, 0.717) is 39.1 Å². The number of oxazole rings is 1. The fourth-order valence-electron chi connectivity index (χ4n) is 1.27. The lowest BCUT2D eigenvalue weighted by Crippen LogP contribution is -1.87. The molecule has 3 nitrogen and oxygen atoms in total. The van der Waals surface area contributed by atoms with Crippen molar-refractivity contribution in [3.63, 3.8) is 0 Å². The van der Waals surface area contributed by atoms with Crippen molar-refractivity contribution in [2.45, 2.75) is 6.42 Å². The van der Waals surface area contributed by atoms with Gasteiger partial charge in [0, 0.05) is 6.42 Å². The lowest BCUT2D eigenvalue weighted by molar-refractivity contribution is 0.547. The molecular formula is C10H8Cl2N2O. The van der Waals surface area contributed by atoms with Crippen LogP contribution in [-0.2, 0) is 6.42 Å². The number of benzene rings is 1. The highest BCUT2D eigenvalue weighted by Gasteiger charge is 2.13. The van der Waals surface area contributed by atoms with E-state index < -0.39 is 0 Å². The first-order valence-electron chi connectivity index (χ1n) is 4.27. The zero-order valence-corrected chi connectivity index (χ0v) is 9.27. The number of aromatic nitrogens is 1. The van der Waals surface area contributed by atoms with Crippen LogP contribution < -0.4 is 5.73 Å². The number of allylic oxidation sites excluding steroid dienone is 1. The van der Waals surface area contributed by atoms with Gasteiger partial charge < -0.3 is 10.2 Å². The Bertz CT molecular complexity index is 534. The Morgan fingerprint density at radius 2 is 2.27 bits per heavy atom. The SMILES string of the molecule is C=CCc1nc2cc(Cl)c(N)c(Cl)c2o1. The van der Waals surface area contributed by atoms with Gasteiger partial charge in [-0.15, -0.1) is 6.58 Å². The van der Waals surface area contributed by atoms with E-state index >= 15 is 0 Å². The summed E-state index contributed by atoms with van der Waals surface area (Å²) in [5.41, 5.74) is 7.05. The Labute approximate surface area is 96.5 Å². The number of nitrogens with zero attached hydrogens (tertiary/aromatic N) is 1. The monoisotopic (exact) mass is 242 g/mol. The van der Waals surface area contributed by atoms with E-state index in [9.17, 15) is 0 Å². The van der Waals surface area contributed by atoms with Crippen molar-refractivity contribution in [3.05, 3.63) is 34.7 Å². The third-order valence-electron chi connectivity index (χ3n) is 1.97. The molecule has 0 atom stereocenters. The van der Waals surface area contributed by atoms with Gasteiger partial charge >= 0.3 is 0 Å². The molecule has 0 aliphatic heterocycles. The van der Waals surface area contributed by atoms with Crippen LogP contribution in [-0.4, -0.2) is 4.98 Å². The van der Waals surface area contributed by atoms with Gasteiger partial charge in [0.15, 0.2) is 11.5 Å². The van der Waals surface area contributed by atoms with E-state index in [1.54, 1.807) is 12.1 Å². The average Bonchev–Trinajstić information content (AvgIpc) is 2.58. The van der Waals surface area contributed by atoms with E-state index in [1.807, 2.05) is 0 Å². The number of rotatable bonds is 2. The van der Waals surface area contributed by atoms with E-state index in [4.69, 9.17) is 33.4 Å². The van der Waals surface area contributed by atoms with Crippen LogP contribution in [0.4, 0.5) is 5.69 Å². The predicted molar refractivity (Wildman–Crippen MR) is 62.3 cm³/mol. The molecule has 0 saturated heterocycles. The topological polar surface area (TPSA) is 52.0 Å². The highest BCUT2D eigenvalue weighted by Crippen LogP contribution is 2.35. The zero-order valence-electron chi connectivity index (χ0n) is 7.76. The van der Waals surface area contributed by atoms with Gasteiger partial charge in [-0.25, -0.2) is 4.98 Å². The Morgan fingerprint density at radius 3 is 2.93 bits per heavy atom. The molecule has 0 unspecified atom stereocenters. The number of fused-ring (bicyclic) bond motifs is 1. The third kappa shape index (κ3) is 1.68. The van der Waals surface area contributed by atoms with Crippen molar-refractivity contribution >= 4 is 40.0 Å². The number of nitrogens with two attached hydrogens (primary N) is 1. The quantitative estimate of drug-likeness (QED) is 0.649. The fraction of sp³-hybridized carbons (Fsp3) is 0.100. The van der Waals surface area contributed by atoms with Crippen LogP contribution in [0, 0.1) is 0 Å². The van der Waals surface area contributed by atoms with Crippen LogP contribution in [0.1, 0.15) is 5.89 Å². The molecule has 0 aliphatic rings. The van der Waals surface area contributed by atoms with Crippen molar-refractivity contribution in [2.24, 2.45) is 0 Å². The van der Waals surface area contributed by atoms with Gasteiger partial charge in [0.05, 0.1) is 10.7 Å². The first kappa shape index (κ1) is 10.3. The maximum Gasteiger partial charge on any atom is 0.199 e. The molecule has 2 N–H and O–H groups in total. The third-order valence-corrected chi connectivity index (χ3v) is 2.66. The van der Waals surface area contributed by atoms with Gasteiger partial charge in [-0.1, -0.05) is 29.3 Å². The number of hydrogen-bond acceptors (Lipinski definition) is 3. The molecule has 0 radical (unpaired) electrons. The maximum atomic E-state index is 5.98. The summed E-state index contributed by atoms with van der Waals surface area (Å²) >= 11 is 11.8. The van der Waals surface area contributed by atoms with Crippen LogP contribution in [0.5, 0.6) is 0 Å². The normalized spacial score (nSPS) is 10.8. The number of anilines is 1. The van der Waals surface area contributed by atoms with Crippen LogP contribution in [0.25, 0.3) is 11.1 Å². The highest BCUT2D eigenvalue weighted by atomic mass is 35.5. The van der Waals surface area contributed by atoms with Crippen molar-refractivity contribution in [1.82, 2.24) is 4.98 Å². The first-order chi connectivity index (χ1) is 7.13. The van der Waals surface area contributed by atoms with Gasteiger partial charge in [0.25, 0.3) is 0 Å². The molecule has 2 aromatic rings. The van der Waals surface area contributed by atoms with Crippen LogP contribution in [0.15, 0.2) is 23.1 Å². The molecule has 0 fully saturated rings. The fourth-order valence-corrected chi connectivity index (χ4v) is 1.75. The summed E-state index contributed by atoms with van der Waals surface area (Å²) in [7, 11) is 0. The standard InChI is InChI=1S/C10H8Cl2N2O/c1-2-3-7-14-6-4-5(11)9(13)8(12)10(6)15-7/h2,4H,1,3,13H2. The zero-order chi connectivity index (χ0) is 11.0. The summed E-state index contributed by atoms with van der Waals surface area (Å²) in [6, 6.07) is 1.63. The Morgan fingerprint density at radius 1 is 1.53 bits per heavy atom. The molecule has 15 heavy (non-hydrogen) atoms. The Hall–Kier alpha value is -1.19. The second-order valence-electron chi connectivity index (χ2n) is 3.03. The van der Waals surface area contributed by atoms with Gasteiger partial charge in [-0.2, -0.15) is 0 Å². The summed E-state index contributed by atoms with van der Waals surface area (Å²) in [6.07, 6.45) is 2.24. The van der Waals surface area contributed by atoms with E-state index in [1.165, 1.54) is 0 Å². The Balaban J connectivity index is 2.70. The lowest BCUT2D eigenvalue weighted by atomic mass is 10.3. The number of nitrogen functional groups attached to an aromatic ring is 1. The molecule has 0 bridgehead atoms. The molecule has 0 amide bonds. The minimum absolute atomic E-state index is 0.306. The predicted octanol–water partition coefficient (Wildman–Crippen LogP) is 3.45.